The largest absolute Gasteiger partial charge is 0.381 e. The number of aliphatic hydroxyl groups is 2. The van der Waals surface area contributed by atoms with Crippen molar-refractivity contribution in [3.8, 4) is 11.4 Å². The first kappa shape index (κ1) is 21.0. The summed E-state index contributed by atoms with van der Waals surface area (Å²) in [6, 6.07) is 10.5. The lowest BCUT2D eigenvalue weighted by Gasteiger charge is -2.62. The van der Waals surface area contributed by atoms with E-state index in [0.29, 0.717) is 35.5 Å². The van der Waals surface area contributed by atoms with Gasteiger partial charge in [0, 0.05) is 42.0 Å². The van der Waals surface area contributed by atoms with Crippen LogP contribution in [0, 0.1) is 11.3 Å². The first-order chi connectivity index (χ1) is 15.6. The molecule has 4 aliphatic rings. The van der Waals surface area contributed by atoms with Crippen molar-refractivity contribution in [3.63, 3.8) is 0 Å². The Hall–Kier alpha value is -2.61. The van der Waals surface area contributed by atoms with Gasteiger partial charge in [0.1, 0.15) is 11.2 Å². The van der Waals surface area contributed by atoms with Crippen molar-refractivity contribution in [1.29, 1.82) is 0 Å². The summed E-state index contributed by atoms with van der Waals surface area (Å²) in [4.78, 5) is 8.76. The Balaban J connectivity index is 1.40. The van der Waals surface area contributed by atoms with Crippen LogP contribution >= 0.6 is 0 Å². The fourth-order valence-corrected chi connectivity index (χ4v) is 5.87. The minimum absolute atomic E-state index is 0.137. The van der Waals surface area contributed by atoms with Crippen LogP contribution in [-0.4, -0.2) is 38.4 Å². The molecule has 2 aromatic heterocycles. The normalized spacial score (nSPS) is 27.1. The average Bonchev–Trinajstić information content (AvgIpc) is 3.21. The van der Waals surface area contributed by atoms with Crippen LogP contribution in [0.5, 0.6) is 0 Å². The number of nitrogens with zero attached hydrogens (tertiary/aromatic N) is 3. The summed E-state index contributed by atoms with van der Waals surface area (Å²) >= 11 is 0. The smallest absolute Gasteiger partial charge is 0.258 e. The van der Waals surface area contributed by atoms with Gasteiger partial charge >= 0.3 is 0 Å². The standard InChI is InChI=1S/C26H30N4O3/c1-23(2,31)22-29-21(30-33-22)17-8-20(13-27-12-17)26(32,24(3)14-28-15-24)19-6-4-18(5-7-19)25-9-16(10-25)11-25/h4-8,12-13,16,28,31-32H,9-11,14-15H2,1-3H3/t16?,25?,26-/m0/s1. The van der Waals surface area contributed by atoms with Crippen LogP contribution in [0.3, 0.4) is 0 Å². The Bertz CT molecular complexity index is 1190. The Labute approximate surface area is 193 Å². The van der Waals surface area contributed by atoms with E-state index in [-0.39, 0.29) is 11.3 Å². The molecular weight excluding hydrogens is 416 g/mol. The molecule has 3 aliphatic carbocycles. The van der Waals surface area contributed by atoms with Crippen LogP contribution in [0.2, 0.25) is 0 Å². The van der Waals surface area contributed by atoms with Crippen LogP contribution in [0.4, 0.5) is 0 Å². The summed E-state index contributed by atoms with van der Waals surface area (Å²) in [5.41, 5.74) is 1.12. The van der Waals surface area contributed by atoms with E-state index in [2.05, 4.69) is 51.6 Å². The van der Waals surface area contributed by atoms with Gasteiger partial charge in [0.05, 0.1) is 0 Å². The van der Waals surface area contributed by atoms with Gasteiger partial charge in [-0.2, -0.15) is 4.98 Å². The molecule has 3 aromatic rings. The summed E-state index contributed by atoms with van der Waals surface area (Å²) in [6.07, 6.45) is 7.29. The molecule has 0 unspecified atom stereocenters. The first-order valence-corrected chi connectivity index (χ1v) is 11.7. The van der Waals surface area contributed by atoms with E-state index >= 15 is 0 Å². The molecule has 0 radical (unpaired) electrons. The van der Waals surface area contributed by atoms with E-state index in [9.17, 15) is 10.2 Å². The van der Waals surface area contributed by atoms with Crippen LogP contribution in [-0.2, 0) is 16.6 Å². The Morgan fingerprint density at radius 1 is 1.03 bits per heavy atom. The molecule has 4 fully saturated rings. The second-order valence-corrected chi connectivity index (χ2v) is 11.2. The highest BCUT2D eigenvalue weighted by Gasteiger charge is 2.57. The summed E-state index contributed by atoms with van der Waals surface area (Å²) in [6.45, 7) is 6.70. The molecule has 3 N–H and O–H groups in total. The number of hydrogen-bond donors (Lipinski definition) is 3. The highest BCUT2D eigenvalue weighted by Crippen LogP contribution is 2.65. The lowest BCUT2D eigenvalue weighted by Crippen LogP contribution is -2.63. The minimum atomic E-state index is -1.23. The maximum absolute atomic E-state index is 12.3. The van der Waals surface area contributed by atoms with Gasteiger partial charge in [0.25, 0.3) is 5.89 Å². The van der Waals surface area contributed by atoms with Gasteiger partial charge in [-0.05, 0) is 61.6 Å². The Morgan fingerprint density at radius 3 is 2.24 bits per heavy atom. The van der Waals surface area contributed by atoms with Crippen LogP contribution in [0.15, 0.2) is 47.2 Å². The van der Waals surface area contributed by atoms with Crippen LogP contribution in [0.25, 0.3) is 11.4 Å². The third-order valence-corrected chi connectivity index (χ3v) is 8.22. The molecule has 7 rings (SSSR count). The van der Waals surface area contributed by atoms with E-state index in [4.69, 9.17) is 4.52 Å². The topological polar surface area (TPSA) is 104 Å². The predicted octanol–water partition coefficient (Wildman–Crippen LogP) is 3.26. The van der Waals surface area contributed by atoms with Gasteiger partial charge in [0.2, 0.25) is 5.82 Å². The van der Waals surface area contributed by atoms with E-state index in [1.807, 2.05) is 6.07 Å². The third-order valence-electron chi connectivity index (χ3n) is 8.22. The molecule has 7 heteroatoms. The second-order valence-electron chi connectivity index (χ2n) is 11.2. The molecular formula is C26H30N4O3. The van der Waals surface area contributed by atoms with Crippen LogP contribution in [0.1, 0.15) is 62.6 Å². The zero-order chi connectivity index (χ0) is 23.1. The molecule has 7 nitrogen and oxygen atoms in total. The first-order valence-electron chi connectivity index (χ1n) is 11.7. The van der Waals surface area contributed by atoms with Crippen molar-refractivity contribution in [2.45, 2.75) is 56.7 Å². The fourth-order valence-electron chi connectivity index (χ4n) is 5.87. The van der Waals surface area contributed by atoms with E-state index in [0.717, 1.165) is 11.5 Å². The molecule has 2 bridgehead atoms. The molecule has 0 amide bonds. The van der Waals surface area contributed by atoms with Gasteiger partial charge in [-0.15, -0.1) is 0 Å². The van der Waals surface area contributed by atoms with E-state index in [1.54, 1.807) is 26.2 Å². The van der Waals surface area contributed by atoms with E-state index in [1.165, 1.54) is 24.8 Å². The Morgan fingerprint density at radius 2 is 1.73 bits per heavy atom. The number of nitrogens with one attached hydrogen (secondary N) is 1. The monoisotopic (exact) mass is 446 g/mol. The molecule has 1 aliphatic heterocycles. The number of aromatic nitrogens is 3. The molecule has 1 atom stereocenters. The maximum atomic E-state index is 12.3. The highest BCUT2D eigenvalue weighted by atomic mass is 16.5. The predicted molar refractivity (Wildman–Crippen MR) is 122 cm³/mol. The second kappa shape index (κ2) is 6.72. The lowest BCUT2D eigenvalue weighted by molar-refractivity contribution is -0.0770. The Kier molecular flexibility index (Phi) is 4.27. The number of rotatable bonds is 6. The zero-order valence-electron chi connectivity index (χ0n) is 19.3. The van der Waals surface area contributed by atoms with Crippen LogP contribution < -0.4 is 5.32 Å². The number of pyridine rings is 1. The van der Waals surface area contributed by atoms with Crippen molar-refractivity contribution < 1.29 is 14.7 Å². The minimum Gasteiger partial charge on any atom is -0.381 e. The molecule has 172 valence electrons. The van der Waals surface area contributed by atoms with Crippen molar-refractivity contribution in [2.24, 2.45) is 11.3 Å². The highest BCUT2D eigenvalue weighted by molar-refractivity contribution is 5.56. The van der Waals surface area contributed by atoms with E-state index < -0.39 is 11.2 Å². The molecule has 0 spiro atoms. The SMILES string of the molecule is CC(C)(O)c1nc(-c2cncc([C@@](O)(c3ccc(C45CC(C4)C5)cc3)C3(C)CNC3)c2)no1. The summed E-state index contributed by atoms with van der Waals surface area (Å²) < 4.78 is 5.25. The summed E-state index contributed by atoms with van der Waals surface area (Å²) in [7, 11) is 0. The van der Waals surface area contributed by atoms with Gasteiger partial charge in [0.15, 0.2) is 0 Å². The third kappa shape index (κ3) is 2.95. The van der Waals surface area contributed by atoms with Crippen molar-refractivity contribution >= 4 is 0 Å². The zero-order valence-corrected chi connectivity index (χ0v) is 19.3. The number of hydrogen-bond acceptors (Lipinski definition) is 7. The van der Waals surface area contributed by atoms with Crippen molar-refractivity contribution in [1.82, 2.24) is 20.4 Å². The summed E-state index contributed by atoms with van der Waals surface area (Å²) in [5, 5.41) is 29.9. The molecule has 33 heavy (non-hydrogen) atoms. The number of benzene rings is 1. The van der Waals surface area contributed by atoms with Gasteiger partial charge in [-0.25, -0.2) is 0 Å². The molecule has 1 aromatic carbocycles. The molecule has 3 saturated carbocycles. The summed E-state index contributed by atoms with van der Waals surface area (Å²) in [5.74, 6) is 1.40. The van der Waals surface area contributed by atoms with Gasteiger partial charge in [-0.3, -0.25) is 4.98 Å². The molecule has 1 saturated heterocycles. The van der Waals surface area contributed by atoms with Crippen molar-refractivity contribution in [3.05, 3.63) is 65.3 Å². The maximum Gasteiger partial charge on any atom is 0.258 e. The lowest BCUT2D eigenvalue weighted by atomic mass is 9.42. The fraction of sp³-hybridized carbons (Fsp3) is 0.500. The van der Waals surface area contributed by atoms with Crippen molar-refractivity contribution in [2.75, 3.05) is 13.1 Å². The quantitative estimate of drug-likeness (QED) is 0.534. The average molecular weight is 447 g/mol. The van der Waals surface area contributed by atoms with Gasteiger partial charge in [-0.1, -0.05) is 36.3 Å². The molecule has 3 heterocycles. The van der Waals surface area contributed by atoms with Gasteiger partial charge < -0.3 is 20.1 Å².